The molecule has 0 amide bonds. The summed E-state index contributed by atoms with van der Waals surface area (Å²) in [6.07, 6.45) is 22.5. The molecule has 3 aliphatic rings. The van der Waals surface area contributed by atoms with Crippen LogP contribution >= 0.6 is 0 Å². The molecule has 0 saturated heterocycles. The molecule has 90 valence electrons. The summed E-state index contributed by atoms with van der Waals surface area (Å²) in [5, 5.41) is 0. The van der Waals surface area contributed by atoms with E-state index in [9.17, 15) is 0 Å². The molecule has 3 fully saturated rings. The maximum Gasteiger partial charge on any atom is -0.0533 e. The maximum absolute atomic E-state index is 1.50. The second-order valence-electron chi connectivity index (χ2n) is 5.30. The Labute approximate surface area is 96.8 Å². The normalized spacial score (nSPS) is 24.0. The Bertz CT molecular complexity index is 82.1. The first kappa shape index (κ1) is 13.1. The highest BCUT2D eigenvalue weighted by Gasteiger charge is 1.96. The van der Waals surface area contributed by atoms with Crippen LogP contribution in [-0.4, -0.2) is 0 Å². The fourth-order valence-corrected chi connectivity index (χ4v) is 2.19. The zero-order valence-corrected chi connectivity index (χ0v) is 10.6. The van der Waals surface area contributed by atoms with Crippen molar-refractivity contribution in [2.24, 2.45) is 0 Å². The van der Waals surface area contributed by atoms with E-state index in [1.54, 1.807) is 0 Å². The van der Waals surface area contributed by atoms with Gasteiger partial charge in [-0.25, -0.2) is 0 Å². The minimum atomic E-state index is 1.50. The highest BCUT2D eigenvalue weighted by Crippen LogP contribution is 2.16. The molecular weight excluding hydrogens is 180 g/mol. The maximum atomic E-state index is 1.50. The van der Waals surface area contributed by atoms with E-state index in [2.05, 4.69) is 0 Å². The molecule has 3 aliphatic carbocycles. The lowest BCUT2D eigenvalue weighted by molar-refractivity contribution is 0.504. The van der Waals surface area contributed by atoms with Gasteiger partial charge in [0.15, 0.2) is 0 Å². The first-order valence-corrected chi connectivity index (χ1v) is 7.50. The standard InChI is InChI=1S/C6H12.C5H10.C4H8/c1-2-4-6-5-3-1;1-2-4-5-3-1;1-2-4-3-1/h1-6H2;1-5H2;1-4H2. The molecule has 0 aromatic heterocycles. The predicted octanol–water partition coefficient (Wildman–Crippen LogP) is 5.85. The van der Waals surface area contributed by atoms with Crippen molar-refractivity contribution in [1.82, 2.24) is 0 Å². The lowest BCUT2D eigenvalue weighted by Crippen LogP contribution is -1.85. The summed E-state index contributed by atoms with van der Waals surface area (Å²) in [7, 11) is 0. The second kappa shape index (κ2) is 10.5. The fourth-order valence-electron chi connectivity index (χ4n) is 2.19. The zero-order valence-electron chi connectivity index (χ0n) is 10.6. The van der Waals surface area contributed by atoms with E-state index in [-0.39, 0.29) is 0 Å². The van der Waals surface area contributed by atoms with E-state index in [0.717, 1.165) is 0 Å². The highest BCUT2D eigenvalue weighted by molar-refractivity contribution is 4.52. The van der Waals surface area contributed by atoms with Gasteiger partial charge in [0.2, 0.25) is 0 Å². The summed E-state index contributed by atoms with van der Waals surface area (Å²) in [6.45, 7) is 0. The van der Waals surface area contributed by atoms with Crippen LogP contribution in [0.2, 0.25) is 0 Å². The average Bonchev–Trinajstić information content (AvgIpc) is 2.75. The fraction of sp³-hybridized carbons (Fsp3) is 1.00. The Balaban J connectivity index is 0.000000115. The molecule has 0 atom stereocenters. The van der Waals surface area contributed by atoms with Crippen molar-refractivity contribution < 1.29 is 0 Å². The highest BCUT2D eigenvalue weighted by atomic mass is 14.0. The van der Waals surface area contributed by atoms with Gasteiger partial charge in [0.05, 0.1) is 0 Å². The minimum absolute atomic E-state index is 1.50. The van der Waals surface area contributed by atoms with Crippen molar-refractivity contribution in [3.63, 3.8) is 0 Å². The molecule has 0 spiro atoms. The average molecular weight is 210 g/mol. The molecule has 0 bridgehead atoms. The van der Waals surface area contributed by atoms with Gasteiger partial charge >= 0.3 is 0 Å². The summed E-state index contributed by atoms with van der Waals surface area (Å²) in [6, 6.07) is 0. The summed E-state index contributed by atoms with van der Waals surface area (Å²) in [4.78, 5) is 0. The van der Waals surface area contributed by atoms with Crippen LogP contribution in [0.1, 0.15) is 96.3 Å². The van der Waals surface area contributed by atoms with Gasteiger partial charge in [0, 0.05) is 0 Å². The number of hydrogen-bond acceptors (Lipinski definition) is 0. The first-order chi connectivity index (χ1) is 7.50. The van der Waals surface area contributed by atoms with Crippen LogP contribution in [0, 0.1) is 0 Å². The van der Waals surface area contributed by atoms with Crippen LogP contribution in [0.25, 0.3) is 0 Å². The van der Waals surface area contributed by atoms with Crippen molar-refractivity contribution in [2.75, 3.05) is 0 Å². The third-order valence-electron chi connectivity index (χ3n) is 3.75. The van der Waals surface area contributed by atoms with E-state index in [1.165, 1.54) is 96.3 Å². The van der Waals surface area contributed by atoms with Crippen molar-refractivity contribution in [1.29, 1.82) is 0 Å². The Hall–Kier alpha value is 0. The summed E-state index contributed by atoms with van der Waals surface area (Å²) in [5.74, 6) is 0. The van der Waals surface area contributed by atoms with Crippen LogP contribution in [0.4, 0.5) is 0 Å². The van der Waals surface area contributed by atoms with Gasteiger partial charge in [0.1, 0.15) is 0 Å². The summed E-state index contributed by atoms with van der Waals surface area (Å²) >= 11 is 0. The summed E-state index contributed by atoms with van der Waals surface area (Å²) < 4.78 is 0. The van der Waals surface area contributed by atoms with Gasteiger partial charge < -0.3 is 0 Å². The first-order valence-electron chi connectivity index (χ1n) is 7.50. The van der Waals surface area contributed by atoms with Crippen LogP contribution in [-0.2, 0) is 0 Å². The second-order valence-corrected chi connectivity index (χ2v) is 5.30. The molecular formula is C15H30. The van der Waals surface area contributed by atoms with E-state index >= 15 is 0 Å². The molecule has 3 rings (SSSR count). The molecule has 0 aliphatic heterocycles. The Morgan fingerprint density at radius 1 is 0.133 bits per heavy atom. The van der Waals surface area contributed by atoms with Crippen molar-refractivity contribution in [2.45, 2.75) is 96.3 Å². The van der Waals surface area contributed by atoms with Crippen LogP contribution in [0.15, 0.2) is 0 Å². The SMILES string of the molecule is C1CCC1.C1CCCC1.C1CCCCC1. The van der Waals surface area contributed by atoms with Crippen LogP contribution < -0.4 is 0 Å². The van der Waals surface area contributed by atoms with Gasteiger partial charge in [-0.15, -0.1) is 0 Å². The van der Waals surface area contributed by atoms with Gasteiger partial charge in [0.25, 0.3) is 0 Å². The molecule has 0 radical (unpaired) electrons. The van der Waals surface area contributed by atoms with Crippen molar-refractivity contribution >= 4 is 0 Å². The lowest BCUT2D eigenvalue weighted by atomic mass is 10.0. The Morgan fingerprint density at radius 2 is 0.200 bits per heavy atom. The zero-order chi connectivity index (χ0) is 10.6. The van der Waals surface area contributed by atoms with Gasteiger partial charge in [-0.2, -0.15) is 0 Å². The van der Waals surface area contributed by atoms with Gasteiger partial charge in [-0.05, 0) is 0 Å². The van der Waals surface area contributed by atoms with Crippen molar-refractivity contribution in [3.05, 3.63) is 0 Å². The largest absolute Gasteiger partial charge is 0.0533 e. The van der Waals surface area contributed by atoms with Gasteiger partial charge in [-0.3, -0.25) is 0 Å². The summed E-state index contributed by atoms with van der Waals surface area (Å²) in [5.41, 5.74) is 0. The molecule has 0 heterocycles. The van der Waals surface area contributed by atoms with E-state index in [4.69, 9.17) is 0 Å². The lowest BCUT2D eigenvalue weighted by Gasteiger charge is -2.05. The van der Waals surface area contributed by atoms with E-state index < -0.39 is 0 Å². The van der Waals surface area contributed by atoms with E-state index in [0.29, 0.717) is 0 Å². The molecule has 0 N–H and O–H groups in total. The van der Waals surface area contributed by atoms with Gasteiger partial charge in [-0.1, -0.05) is 96.3 Å². The van der Waals surface area contributed by atoms with Crippen molar-refractivity contribution in [3.8, 4) is 0 Å². The quantitative estimate of drug-likeness (QED) is 0.470. The molecule has 0 aromatic rings. The Morgan fingerprint density at radius 3 is 0.267 bits per heavy atom. The molecule has 15 heavy (non-hydrogen) atoms. The molecule has 0 heteroatoms. The predicted molar refractivity (Wildman–Crippen MR) is 69.3 cm³/mol. The smallest absolute Gasteiger partial charge is 0.0533 e. The monoisotopic (exact) mass is 210 g/mol. The number of hydrogen-bond donors (Lipinski definition) is 0. The van der Waals surface area contributed by atoms with Crippen LogP contribution in [0.3, 0.4) is 0 Å². The molecule has 0 unspecified atom stereocenters. The topological polar surface area (TPSA) is 0 Å². The molecule has 0 nitrogen and oxygen atoms in total. The Kier molecular flexibility index (Phi) is 9.16. The minimum Gasteiger partial charge on any atom is -0.0533 e. The third-order valence-corrected chi connectivity index (χ3v) is 3.75. The third kappa shape index (κ3) is 8.96. The molecule has 3 saturated carbocycles. The number of rotatable bonds is 0. The molecule has 0 aromatic carbocycles. The van der Waals surface area contributed by atoms with Crippen LogP contribution in [0.5, 0.6) is 0 Å². The van der Waals surface area contributed by atoms with E-state index in [1.807, 2.05) is 0 Å².